The fourth-order valence-corrected chi connectivity index (χ4v) is 1.55. The van der Waals surface area contributed by atoms with Crippen molar-refractivity contribution in [1.82, 2.24) is 9.55 Å². The van der Waals surface area contributed by atoms with Crippen LogP contribution in [-0.4, -0.2) is 9.55 Å². The molecule has 0 spiro atoms. The molecule has 0 atom stereocenters. The summed E-state index contributed by atoms with van der Waals surface area (Å²) in [4.78, 5) is 3.99. The number of hydrogen-bond acceptors (Lipinski definition) is 2. The number of aromatic nitrogens is 2. The highest BCUT2D eigenvalue weighted by Crippen LogP contribution is 2.18. The van der Waals surface area contributed by atoms with Crippen LogP contribution in [0.4, 0.5) is 5.95 Å². The highest BCUT2D eigenvalue weighted by atomic mass is 15.1. The number of nitrogens with two attached hydrogens (primary N) is 1. The topological polar surface area (TPSA) is 43.8 Å². The summed E-state index contributed by atoms with van der Waals surface area (Å²) in [7, 11) is 0. The van der Waals surface area contributed by atoms with Crippen LogP contribution < -0.4 is 5.73 Å². The third kappa shape index (κ3) is 1.86. The van der Waals surface area contributed by atoms with Gasteiger partial charge in [-0.2, -0.15) is 0 Å². The first-order chi connectivity index (χ1) is 7.18. The zero-order valence-electron chi connectivity index (χ0n) is 9.01. The van der Waals surface area contributed by atoms with Crippen LogP contribution >= 0.6 is 0 Å². The van der Waals surface area contributed by atoms with E-state index in [0.717, 1.165) is 5.69 Å². The standard InChI is InChI=1S/C12H15N3/c1-9(2)10-3-5-11(6-4-10)15-8-7-14-12(15)13/h3-9H,1-2H3,(H2,13,14). The van der Waals surface area contributed by atoms with Crippen LogP contribution in [0, 0.1) is 0 Å². The third-order valence-electron chi connectivity index (χ3n) is 2.51. The Morgan fingerprint density at radius 2 is 1.87 bits per heavy atom. The van der Waals surface area contributed by atoms with Crippen LogP contribution in [0.15, 0.2) is 36.7 Å². The Hall–Kier alpha value is -1.77. The van der Waals surface area contributed by atoms with Gasteiger partial charge in [0.1, 0.15) is 0 Å². The van der Waals surface area contributed by atoms with Gasteiger partial charge in [-0.25, -0.2) is 4.98 Å². The van der Waals surface area contributed by atoms with Gasteiger partial charge in [-0.15, -0.1) is 0 Å². The van der Waals surface area contributed by atoms with Crippen LogP contribution in [-0.2, 0) is 0 Å². The smallest absolute Gasteiger partial charge is 0.204 e. The predicted molar refractivity (Wildman–Crippen MR) is 62.1 cm³/mol. The summed E-state index contributed by atoms with van der Waals surface area (Å²) in [6, 6.07) is 8.37. The second-order valence-electron chi connectivity index (χ2n) is 3.90. The summed E-state index contributed by atoms with van der Waals surface area (Å²) in [5.41, 5.74) is 8.10. The quantitative estimate of drug-likeness (QED) is 0.811. The van der Waals surface area contributed by atoms with Gasteiger partial charge in [-0.05, 0) is 23.6 Å². The molecule has 0 fully saturated rings. The van der Waals surface area contributed by atoms with Gasteiger partial charge in [0.25, 0.3) is 0 Å². The molecular weight excluding hydrogens is 186 g/mol. The Kier molecular flexibility index (Phi) is 2.46. The summed E-state index contributed by atoms with van der Waals surface area (Å²) in [5.74, 6) is 1.08. The monoisotopic (exact) mass is 201 g/mol. The molecule has 15 heavy (non-hydrogen) atoms. The van der Waals surface area contributed by atoms with E-state index in [1.165, 1.54) is 5.56 Å². The SMILES string of the molecule is CC(C)c1ccc(-n2ccnc2N)cc1. The van der Waals surface area contributed by atoms with Gasteiger partial charge in [0.05, 0.1) is 0 Å². The Labute approximate surface area is 89.6 Å². The van der Waals surface area contributed by atoms with Gasteiger partial charge in [0, 0.05) is 18.1 Å². The Morgan fingerprint density at radius 1 is 1.20 bits per heavy atom. The van der Waals surface area contributed by atoms with Crippen molar-refractivity contribution >= 4 is 5.95 Å². The maximum Gasteiger partial charge on any atom is 0.204 e. The number of nitrogen functional groups attached to an aromatic ring is 1. The van der Waals surface area contributed by atoms with Crippen molar-refractivity contribution in [3.63, 3.8) is 0 Å². The summed E-state index contributed by atoms with van der Waals surface area (Å²) >= 11 is 0. The molecule has 1 aromatic heterocycles. The first-order valence-corrected chi connectivity index (χ1v) is 5.07. The first kappa shape index (κ1) is 9.77. The Morgan fingerprint density at radius 3 is 2.33 bits per heavy atom. The first-order valence-electron chi connectivity index (χ1n) is 5.07. The molecule has 0 saturated heterocycles. The van der Waals surface area contributed by atoms with Gasteiger partial charge >= 0.3 is 0 Å². The summed E-state index contributed by atoms with van der Waals surface area (Å²) < 4.78 is 1.87. The molecule has 0 aliphatic rings. The van der Waals surface area contributed by atoms with Crippen molar-refractivity contribution in [2.24, 2.45) is 0 Å². The fourth-order valence-electron chi connectivity index (χ4n) is 1.55. The van der Waals surface area contributed by atoms with Crippen LogP contribution in [0.25, 0.3) is 5.69 Å². The van der Waals surface area contributed by atoms with Gasteiger partial charge in [-0.1, -0.05) is 26.0 Å². The lowest BCUT2D eigenvalue weighted by Crippen LogP contribution is -1.99. The highest BCUT2D eigenvalue weighted by molar-refractivity contribution is 5.41. The Balaban J connectivity index is 2.36. The van der Waals surface area contributed by atoms with E-state index < -0.39 is 0 Å². The van der Waals surface area contributed by atoms with E-state index in [9.17, 15) is 0 Å². The zero-order valence-corrected chi connectivity index (χ0v) is 9.01. The van der Waals surface area contributed by atoms with E-state index in [1.54, 1.807) is 6.20 Å². The van der Waals surface area contributed by atoms with Crippen LogP contribution in [0.5, 0.6) is 0 Å². The van der Waals surface area contributed by atoms with Crippen molar-refractivity contribution < 1.29 is 0 Å². The van der Waals surface area contributed by atoms with Gasteiger partial charge < -0.3 is 5.73 Å². The molecule has 2 N–H and O–H groups in total. The molecule has 2 rings (SSSR count). The maximum absolute atomic E-state index is 5.72. The zero-order chi connectivity index (χ0) is 10.8. The molecule has 0 radical (unpaired) electrons. The molecule has 0 saturated carbocycles. The molecular formula is C12H15N3. The Bertz CT molecular complexity index is 440. The second kappa shape index (κ2) is 3.77. The minimum absolute atomic E-state index is 0.521. The number of nitrogens with zero attached hydrogens (tertiary/aromatic N) is 2. The molecule has 0 unspecified atom stereocenters. The molecule has 1 heterocycles. The van der Waals surface area contributed by atoms with Crippen molar-refractivity contribution in [3.05, 3.63) is 42.2 Å². The summed E-state index contributed by atoms with van der Waals surface area (Å²) in [6.45, 7) is 4.36. The third-order valence-corrected chi connectivity index (χ3v) is 2.51. The van der Waals surface area contributed by atoms with E-state index in [-0.39, 0.29) is 0 Å². The van der Waals surface area contributed by atoms with Crippen LogP contribution in [0.3, 0.4) is 0 Å². The van der Waals surface area contributed by atoms with Crippen molar-refractivity contribution in [1.29, 1.82) is 0 Å². The molecule has 3 heteroatoms. The van der Waals surface area contributed by atoms with Crippen molar-refractivity contribution in [2.75, 3.05) is 5.73 Å². The lowest BCUT2D eigenvalue weighted by molar-refractivity contribution is 0.865. The van der Waals surface area contributed by atoms with Gasteiger partial charge in [0.2, 0.25) is 5.95 Å². The number of imidazole rings is 1. The number of hydrogen-bond donors (Lipinski definition) is 1. The van der Waals surface area contributed by atoms with Gasteiger partial charge in [0.15, 0.2) is 0 Å². The lowest BCUT2D eigenvalue weighted by atomic mass is 10.0. The van der Waals surface area contributed by atoms with E-state index >= 15 is 0 Å². The largest absolute Gasteiger partial charge is 0.369 e. The molecule has 1 aromatic carbocycles. The van der Waals surface area contributed by atoms with E-state index in [1.807, 2.05) is 10.8 Å². The van der Waals surface area contributed by atoms with E-state index in [0.29, 0.717) is 11.9 Å². The molecule has 0 amide bonds. The molecule has 3 nitrogen and oxygen atoms in total. The molecule has 78 valence electrons. The summed E-state index contributed by atoms with van der Waals surface area (Å²) in [6.07, 6.45) is 3.56. The van der Waals surface area contributed by atoms with E-state index in [2.05, 4.69) is 43.1 Å². The average Bonchev–Trinajstić information content (AvgIpc) is 2.65. The summed E-state index contributed by atoms with van der Waals surface area (Å²) in [5, 5.41) is 0. The molecule has 0 aliphatic heterocycles. The molecule has 0 aliphatic carbocycles. The minimum atomic E-state index is 0.521. The number of anilines is 1. The number of benzene rings is 1. The van der Waals surface area contributed by atoms with Gasteiger partial charge in [-0.3, -0.25) is 4.57 Å². The predicted octanol–water partition coefficient (Wildman–Crippen LogP) is 2.58. The normalized spacial score (nSPS) is 10.9. The minimum Gasteiger partial charge on any atom is -0.369 e. The average molecular weight is 201 g/mol. The lowest BCUT2D eigenvalue weighted by Gasteiger charge is -2.08. The molecule has 0 bridgehead atoms. The number of rotatable bonds is 2. The van der Waals surface area contributed by atoms with E-state index in [4.69, 9.17) is 5.73 Å². The highest BCUT2D eigenvalue weighted by Gasteiger charge is 2.02. The van der Waals surface area contributed by atoms with Crippen LogP contribution in [0.2, 0.25) is 0 Å². The fraction of sp³-hybridized carbons (Fsp3) is 0.250. The second-order valence-corrected chi connectivity index (χ2v) is 3.90. The van der Waals surface area contributed by atoms with Crippen molar-refractivity contribution in [2.45, 2.75) is 19.8 Å². The maximum atomic E-state index is 5.72. The molecule has 2 aromatic rings. The van der Waals surface area contributed by atoms with Crippen molar-refractivity contribution in [3.8, 4) is 5.69 Å². The van der Waals surface area contributed by atoms with Crippen LogP contribution in [0.1, 0.15) is 25.3 Å².